The minimum Gasteiger partial charge on any atom is -0.495 e. The number of nitrogens with zero attached hydrogens (tertiary/aromatic N) is 3. The van der Waals surface area contributed by atoms with Crippen LogP contribution in [0.5, 0.6) is 5.75 Å². The standard InChI is InChI=1S/C13H12N4O/c1-18-12-4-2-3-10(7-14)13(12)17-9-11-8-15-5-6-16-11/h2-6,8,17H,9H2,1H3. The number of ether oxygens (including phenoxy) is 1. The van der Waals surface area contributed by atoms with E-state index >= 15 is 0 Å². The van der Waals surface area contributed by atoms with E-state index in [4.69, 9.17) is 10.00 Å². The number of nitrogens with one attached hydrogen (secondary N) is 1. The number of hydrogen-bond donors (Lipinski definition) is 1. The molecule has 0 aliphatic carbocycles. The van der Waals surface area contributed by atoms with Crippen molar-refractivity contribution in [3.8, 4) is 11.8 Å². The maximum absolute atomic E-state index is 9.06. The molecule has 0 unspecified atom stereocenters. The molecule has 0 saturated carbocycles. The largest absolute Gasteiger partial charge is 0.495 e. The molecule has 1 N–H and O–H groups in total. The van der Waals surface area contributed by atoms with Gasteiger partial charge in [-0.25, -0.2) is 0 Å². The van der Waals surface area contributed by atoms with Crippen LogP contribution in [0.2, 0.25) is 0 Å². The van der Waals surface area contributed by atoms with E-state index in [0.717, 1.165) is 5.69 Å². The zero-order valence-corrected chi connectivity index (χ0v) is 9.92. The van der Waals surface area contributed by atoms with Crippen LogP contribution in [0.25, 0.3) is 0 Å². The Labute approximate surface area is 105 Å². The van der Waals surface area contributed by atoms with E-state index in [2.05, 4.69) is 21.4 Å². The van der Waals surface area contributed by atoms with Crippen molar-refractivity contribution in [3.63, 3.8) is 0 Å². The summed E-state index contributed by atoms with van der Waals surface area (Å²) >= 11 is 0. The molecule has 0 radical (unpaired) electrons. The molecule has 0 aliphatic rings. The van der Waals surface area contributed by atoms with Gasteiger partial charge in [-0.2, -0.15) is 5.26 Å². The predicted octanol–water partition coefficient (Wildman–Crippen LogP) is 1.97. The highest BCUT2D eigenvalue weighted by atomic mass is 16.5. The Kier molecular flexibility index (Phi) is 3.72. The summed E-state index contributed by atoms with van der Waals surface area (Å²) in [5.74, 6) is 0.637. The molecule has 0 aliphatic heterocycles. The van der Waals surface area contributed by atoms with Gasteiger partial charge in [0.1, 0.15) is 11.8 Å². The molecule has 5 heteroatoms. The quantitative estimate of drug-likeness (QED) is 0.884. The molecule has 1 aromatic carbocycles. The monoisotopic (exact) mass is 240 g/mol. The van der Waals surface area contributed by atoms with Gasteiger partial charge in [-0.3, -0.25) is 9.97 Å². The third kappa shape index (κ3) is 2.55. The van der Waals surface area contributed by atoms with Gasteiger partial charge in [0, 0.05) is 12.4 Å². The lowest BCUT2D eigenvalue weighted by molar-refractivity contribution is 0.416. The van der Waals surface area contributed by atoms with Gasteiger partial charge < -0.3 is 10.1 Å². The summed E-state index contributed by atoms with van der Waals surface area (Å²) in [5, 5.41) is 12.2. The maximum atomic E-state index is 9.06. The summed E-state index contributed by atoms with van der Waals surface area (Å²) in [6.45, 7) is 0.489. The molecule has 0 atom stereocenters. The van der Waals surface area contributed by atoms with Gasteiger partial charge in [-0.1, -0.05) is 6.07 Å². The number of rotatable bonds is 4. The molecule has 0 saturated heterocycles. The summed E-state index contributed by atoms with van der Waals surface area (Å²) in [6.07, 6.45) is 4.92. The number of benzene rings is 1. The number of nitriles is 1. The van der Waals surface area contributed by atoms with Crippen LogP contribution in [0.3, 0.4) is 0 Å². The van der Waals surface area contributed by atoms with Crippen molar-refractivity contribution in [1.29, 1.82) is 5.26 Å². The van der Waals surface area contributed by atoms with Gasteiger partial charge in [0.25, 0.3) is 0 Å². The topological polar surface area (TPSA) is 70.8 Å². The molecule has 18 heavy (non-hydrogen) atoms. The Balaban J connectivity index is 2.21. The Morgan fingerprint density at radius 2 is 2.28 bits per heavy atom. The minimum absolute atomic E-state index is 0.489. The molecule has 0 fully saturated rings. The van der Waals surface area contributed by atoms with Crippen LogP contribution in [-0.4, -0.2) is 17.1 Å². The first kappa shape index (κ1) is 11.9. The first-order chi connectivity index (χ1) is 8.85. The van der Waals surface area contributed by atoms with Gasteiger partial charge in [0.2, 0.25) is 0 Å². The van der Waals surface area contributed by atoms with Crippen molar-refractivity contribution >= 4 is 5.69 Å². The molecule has 1 aromatic heterocycles. The molecule has 2 aromatic rings. The first-order valence-corrected chi connectivity index (χ1v) is 5.41. The average Bonchev–Trinajstić information content (AvgIpc) is 2.45. The van der Waals surface area contributed by atoms with Gasteiger partial charge in [0.15, 0.2) is 0 Å². The van der Waals surface area contributed by atoms with Crippen molar-refractivity contribution in [2.24, 2.45) is 0 Å². The van der Waals surface area contributed by atoms with Gasteiger partial charge in [-0.15, -0.1) is 0 Å². The van der Waals surface area contributed by atoms with Crippen LogP contribution in [-0.2, 0) is 6.54 Å². The molecule has 90 valence electrons. The number of para-hydroxylation sites is 1. The second kappa shape index (κ2) is 5.64. The van der Waals surface area contributed by atoms with Gasteiger partial charge in [-0.05, 0) is 12.1 Å². The van der Waals surface area contributed by atoms with E-state index in [0.29, 0.717) is 23.5 Å². The van der Waals surface area contributed by atoms with Crippen LogP contribution >= 0.6 is 0 Å². The fourth-order valence-corrected chi connectivity index (χ4v) is 1.58. The predicted molar refractivity (Wildman–Crippen MR) is 67.1 cm³/mol. The minimum atomic E-state index is 0.489. The van der Waals surface area contributed by atoms with Crippen LogP contribution in [0.15, 0.2) is 36.8 Å². The van der Waals surface area contributed by atoms with Crippen molar-refractivity contribution in [2.45, 2.75) is 6.54 Å². The molecule has 0 spiro atoms. The third-order valence-corrected chi connectivity index (χ3v) is 2.43. The smallest absolute Gasteiger partial charge is 0.143 e. The second-order valence-electron chi connectivity index (χ2n) is 3.54. The SMILES string of the molecule is COc1cccc(C#N)c1NCc1cnccn1. The van der Waals surface area contributed by atoms with Crippen molar-refractivity contribution in [2.75, 3.05) is 12.4 Å². The number of aromatic nitrogens is 2. The van der Waals surface area contributed by atoms with Crippen LogP contribution in [0.1, 0.15) is 11.3 Å². The van der Waals surface area contributed by atoms with Gasteiger partial charge in [0.05, 0.1) is 36.8 Å². The normalized spacial score (nSPS) is 9.56. The van der Waals surface area contributed by atoms with Crippen LogP contribution in [0, 0.1) is 11.3 Å². The summed E-state index contributed by atoms with van der Waals surface area (Å²) in [6, 6.07) is 7.45. The summed E-state index contributed by atoms with van der Waals surface area (Å²) in [4.78, 5) is 8.14. The molecule has 0 amide bonds. The van der Waals surface area contributed by atoms with Crippen LogP contribution < -0.4 is 10.1 Å². The molecule has 1 heterocycles. The molecular weight excluding hydrogens is 228 g/mol. The Morgan fingerprint density at radius 3 is 2.94 bits per heavy atom. The lowest BCUT2D eigenvalue weighted by atomic mass is 10.1. The zero-order chi connectivity index (χ0) is 12.8. The number of hydrogen-bond acceptors (Lipinski definition) is 5. The molecular formula is C13H12N4O. The lowest BCUT2D eigenvalue weighted by Gasteiger charge is -2.11. The summed E-state index contributed by atoms with van der Waals surface area (Å²) in [7, 11) is 1.57. The molecule has 2 rings (SSSR count). The first-order valence-electron chi connectivity index (χ1n) is 5.41. The lowest BCUT2D eigenvalue weighted by Crippen LogP contribution is -2.05. The van der Waals surface area contributed by atoms with E-state index in [-0.39, 0.29) is 0 Å². The van der Waals surface area contributed by atoms with E-state index in [1.165, 1.54) is 0 Å². The Hall–Kier alpha value is -2.61. The van der Waals surface area contributed by atoms with Crippen molar-refractivity contribution in [1.82, 2.24) is 9.97 Å². The fourth-order valence-electron chi connectivity index (χ4n) is 1.58. The molecule has 0 bridgehead atoms. The molecule has 5 nitrogen and oxygen atoms in total. The summed E-state index contributed by atoms with van der Waals surface area (Å²) in [5.41, 5.74) is 2.01. The van der Waals surface area contributed by atoms with Crippen molar-refractivity contribution in [3.05, 3.63) is 48.0 Å². The number of anilines is 1. The van der Waals surface area contributed by atoms with Crippen molar-refractivity contribution < 1.29 is 4.74 Å². The summed E-state index contributed by atoms with van der Waals surface area (Å²) < 4.78 is 5.23. The third-order valence-electron chi connectivity index (χ3n) is 2.43. The van der Waals surface area contributed by atoms with Crippen LogP contribution in [0.4, 0.5) is 5.69 Å². The maximum Gasteiger partial charge on any atom is 0.143 e. The highest BCUT2D eigenvalue weighted by molar-refractivity contribution is 5.66. The highest BCUT2D eigenvalue weighted by Crippen LogP contribution is 2.27. The van der Waals surface area contributed by atoms with E-state index in [9.17, 15) is 0 Å². The van der Waals surface area contributed by atoms with E-state index in [1.54, 1.807) is 43.9 Å². The average molecular weight is 240 g/mol. The van der Waals surface area contributed by atoms with E-state index < -0.39 is 0 Å². The zero-order valence-electron chi connectivity index (χ0n) is 9.92. The highest BCUT2D eigenvalue weighted by Gasteiger charge is 2.08. The van der Waals surface area contributed by atoms with Gasteiger partial charge >= 0.3 is 0 Å². The second-order valence-corrected chi connectivity index (χ2v) is 3.54. The Morgan fingerprint density at radius 1 is 1.39 bits per heavy atom. The Bertz CT molecular complexity index is 563. The number of methoxy groups -OCH3 is 1. The van der Waals surface area contributed by atoms with E-state index in [1.807, 2.05) is 0 Å². The fraction of sp³-hybridized carbons (Fsp3) is 0.154.